The number of H-pyrrole nitrogens is 2. The Morgan fingerprint density at radius 2 is 1.78 bits per heavy atom. The molecule has 0 unspecified atom stereocenters. The molecule has 4 aromatic rings. The van der Waals surface area contributed by atoms with Crippen molar-refractivity contribution in [2.45, 2.75) is 17.0 Å². The molecule has 5 nitrogen and oxygen atoms in total. The fourth-order valence-electron chi connectivity index (χ4n) is 2.48. The molecule has 0 aliphatic carbocycles. The molecule has 23 heavy (non-hydrogen) atoms. The van der Waals surface area contributed by atoms with Crippen LogP contribution in [0.25, 0.3) is 16.7 Å². The van der Waals surface area contributed by atoms with E-state index in [1.165, 1.54) is 11.8 Å². The van der Waals surface area contributed by atoms with Crippen molar-refractivity contribution >= 4 is 22.8 Å². The highest BCUT2D eigenvalue weighted by Crippen LogP contribution is 2.27. The van der Waals surface area contributed by atoms with E-state index in [9.17, 15) is 4.79 Å². The summed E-state index contributed by atoms with van der Waals surface area (Å²) in [5.41, 5.74) is 3.43. The Morgan fingerprint density at radius 3 is 2.57 bits per heavy atom. The van der Waals surface area contributed by atoms with Gasteiger partial charge < -0.3 is 4.98 Å². The second kappa shape index (κ2) is 5.48. The van der Waals surface area contributed by atoms with Crippen molar-refractivity contribution in [3.8, 4) is 5.69 Å². The molecule has 4 rings (SSSR count). The van der Waals surface area contributed by atoms with Crippen LogP contribution in [0, 0.1) is 6.92 Å². The van der Waals surface area contributed by atoms with E-state index in [1.54, 1.807) is 4.68 Å². The molecule has 0 saturated carbocycles. The number of fused-ring (bicyclic) bond motifs is 1. The molecule has 0 bridgehead atoms. The molecule has 0 fully saturated rings. The molecular formula is C17H14N4OS. The summed E-state index contributed by atoms with van der Waals surface area (Å²) >= 11 is 1.35. The van der Waals surface area contributed by atoms with Crippen molar-refractivity contribution < 1.29 is 0 Å². The van der Waals surface area contributed by atoms with Crippen LogP contribution in [-0.4, -0.2) is 19.7 Å². The van der Waals surface area contributed by atoms with Crippen LogP contribution in [0.15, 0.2) is 69.4 Å². The number of rotatable bonds is 3. The zero-order valence-corrected chi connectivity index (χ0v) is 13.2. The van der Waals surface area contributed by atoms with Gasteiger partial charge in [-0.1, -0.05) is 30.3 Å². The Bertz CT molecular complexity index is 997. The molecule has 0 saturated heterocycles. The van der Waals surface area contributed by atoms with Crippen molar-refractivity contribution in [3.05, 3.63) is 70.6 Å². The van der Waals surface area contributed by atoms with Gasteiger partial charge in [-0.3, -0.25) is 9.89 Å². The lowest BCUT2D eigenvalue weighted by Crippen LogP contribution is -2.15. The summed E-state index contributed by atoms with van der Waals surface area (Å²) in [6, 6.07) is 17.4. The maximum absolute atomic E-state index is 12.7. The van der Waals surface area contributed by atoms with Crippen molar-refractivity contribution in [2.24, 2.45) is 0 Å². The van der Waals surface area contributed by atoms with Crippen LogP contribution in [0.1, 0.15) is 5.69 Å². The fraction of sp³-hybridized carbons (Fsp3) is 0.0588. The third-order valence-corrected chi connectivity index (χ3v) is 4.67. The number of imidazole rings is 1. The monoisotopic (exact) mass is 322 g/mol. The summed E-state index contributed by atoms with van der Waals surface area (Å²) in [6.07, 6.45) is 0. The van der Waals surface area contributed by atoms with E-state index in [0.29, 0.717) is 10.1 Å². The predicted octanol–water partition coefficient (Wildman–Crippen LogP) is 3.50. The third-order valence-electron chi connectivity index (χ3n) is 3.60. The molecule has 0 atom stereocenters. The highest BCUT2D eigenvalue weighted by atomic mass is 32.2. The zero-order chi connectivity index (χ0) is 15.8. The number of hydrogen-bond donors (Lipinski definition) is 2. The van der Waals surface area contributed by atoms with Crippen LogP contribution in [0.2, 0.25) is 0 Å². The van der Waals surface area contributed by atoms with Gasteiger partial charge in [-0.05, 0) is 43.0 Å². The third kappa shape index (κ3) is 2.47. The minimum Gasteiger partial charge on any atom is -0.333 e. The van der Waals surface area contributed by atoms with E-state index in [1.807, 2.05) is 61.5 Å². The summed E-state index contributed by atoms with van der Waals surface area (Å²) in [7, 11) is 0. The van der Waals surface area contributed by atoms with Crippen LogP contribution < -0.4 is 5.56 Å². The summed E-state index contributed by atoms with van der Waals surface area (Å²) in [4.78, 5) is 21.1. The number of hydrogen-bond acceptors (Lipinski definition) is 3. The molecule has 114 valence electrons. The van der Waals surface area contributed by atoms with E-state index in [4.69, 9.17) is 0 Å². The predicted molar refractivity (Wildman–Crippen MR) is 91.3 cm³/mol. The Kier molecular flexibility index (Phi) is 3.31. The molecule has 0 amide bonds. The van der Waals surface area contributed by atoms with Crippen molar-refractivity contribution in [1.29, 1.82) is 0 Å². The van der Waals surface area contributed by atoms with Crippen LogP contribution in [0.4, 0.5) is 0 Å². The summed E-state index contributed by atoms with van der Waals surface area (Å²) < 4.78 is 1.56. The maximum Gasteiger partial charge on any atom is 0.285 e. The minimum absolute atomic E-state index is 0.0702. The number of aromatic amines is 2. The Morgan fingerprint density at radius 1 is 1.04 bits per heavy atom. The average molecular weight is 322 g/mol. The van der Waals surface area contributed by atoms with Gasteiger partial charge in [0, 0.05) is 5.69 Å². The van der Waals surface area contributed by atoms with E-state index in [0.717, 1.165) is 22.4 Å². The number of nitrogens with one attached hydrogen (secondary N) is 2. The first-order chi connectivity index (χ1) is 11.2. The molecule has 2 aromatic carbocycles. The first-order valence-corrected chi connectivity index (χ1v) is 8.03. The summed E-state index contributed by atoms with van der Waals surface area (Å²) in [5.74, 6) is 0. The summed E-state index contributed by atoms with van der Waals surface area (Å²) in [6.45, 7) is 1.89. The molecule has 0 radical (unpaired) electrons. The average Bonchev–Trinajstić information content (AvgIpc) is 3.11. The van der Waals surface area contributed by atoms with E-state index in [2.05, 4.69) is 15.1 Å². The SMILES string of the molecule is Cc1[nH]n(-c2ccccc2)c(=O)c1Sc1nc2ccccc2[nH]1. The minimum atomic E-state index is -0.0702. The van der Waals surface area contributed by atoms with Crippen LogP contribution in [0.5, 0.6) is 0 Å². The number of aryl methyl sites for hydroxylation is 1. The second-order valence-electron chi connectivity index (χ2n) is 5.20. The van der Waals surface area contributed by atoms with Gasteiger partial charge in [0.1, 0.15) is 4.90 Å². The second-order valence-corrected chi connectivity index (χ2v) is 6.20. The standard InChI is InChI=1S/C17H14N4OS/c1-11-15(16(22)21(20-11)12-7-3-2-4-8-12)23-17-18-13-9-5-6-10-14(13)19-17/h2-10,20H,1H3,(H,18,19). The lowest BCUT2D eigenvalue weighted by Gasteiger charge is -1.99. The van der Waals surface area contributed by atoms with Gasteiger partial charge >= 0.3 is 0 Å². The van der Waals surface area contributed by atoms with Gasteiger partial charge in [0.25, 0.3) is 5.56 Å². The molecule has 6 heteroatoms. The topological polar surface area (TPSA) is 66.5 Å². The van der Waals surface area contributed by atoms with E-state index >= 15 is 0 Å². The lowest BCUT2D eigenvalue weighted by atomic mass is 10.3. The van der Waals surface area contributed by atoms with Gasteiger partial charge in [-0.15, -0.1) is 0 Å². The summed E-state index contributed by atoms with van der Waals surface area (Å²) in [5, 5.41) is 3.84. The molecule has 2 heterocycles. The molecule has 2 N–H and O–H groups in total. The number of aromatic nitrogens is 4. The number of benzene rings is 2. The quantitative estimate of drug-likeness (QED) is 0.606. The molecule has 0 aliphatic heterocycles. The smallest absolute Gasteiger partial charge is 0.285 e. The van der Waals surface area contributed by atoms with Gasteiger partial charge in [-0.25, -0.2) is 9.67 Å². The zero-order valence-electron chi connectivity index (χ0n) is 12.4. The Labute approximate surface area is 136 Å². The number of para-hydroxylation sites is 3. The van der Waals surface area contributed by atoms with Crippen LogP contribution in [-0.2, 0) is 0 Å². The highest BCUT2D eigenvalue weighted by Gasteiger charge is 2.15. The van der Waals surface area contributed by atoms with Crippen molar-refractivity contribution in [3.63, 3.8) is 0 Å². The molecule has 0 spiro atoms. The highest BCUT2D eigenvalue weighted by molar-refractivity contribution is 7.99. The normalized spacial score (nSPS) is 11.2. The van der Waals surface area contributed by atoms with Gasteiger partial charge in [0.2, 0.25) is 0 Å². The number of nitrogens with zero attached hydrogens (tertiary/aromatic N) is 2. The van der Waals surface area contributed by atoms with Gasteiger partial charge in [0.05, 0.1) is 16.7 Å². The Hall–Kier alpha value is -2.73. The van der Waals surface area contributed by atoms with Crippen LogP contribution in [0.3, 0.4) is 0 Å². The first kappa shape index (κ1) is 13.9. The lowest BCUT2D eigenvalue weighted by molar-refractivity contribution is 0.834. The van der Waals surface area contributed by atoms with Gasteiger partial charge in [-0.2, -0.15) is 0 Å². The van der Waals surface area contributed by atoms with Crippen LogP contribution >= 0.6 is 11.8 Å². The van der Waals surface area contributed by atoms with Crippen molar-refractivity contribution in [2.75, 3.05) is 0 Å². The molecule has 2 aromatic heterocycles. The van der Waals surface area contributed by atoms with Crippen molar-refractivity contribution in [1.82, 2.24) is 19.7 Å². The molecular weight excluding hydrogens is 308 g/mol. The largest absolute Gasteiger partial charge is 0.333 e. The Balaban J connectivity index is 1.75. The van der Waals surface area contributed by atoms with Gasteiger partial charge in [0.15, 0.2) is 5.16 Å². The van der Waals surface area contributed by atoms with E-state index in [-0.39, 0.29) is 5.56 Å². The fourth-order valence-corrected chi connectivity index (χ4v) is 3.36. The first-order valence-electron chi connectivity index (χ1n) is 7.22. The van der Waals surface area contributed by atoms with E-state index < -0.39 is 0 Å². The molecule has 0 aliphatic rings. The maximum atomic E-state index is 12.7.